The van der Waals surface area contributed by atoms with Gasteiger partial charge in [0.25, 0.3) is 5.69 Å². The second-order valence-corrected chi connectivity index (χ2v) is 4.28. The molecule has 110 valence electrons. The van der Waals surface area contributed by atoms with Crippen LogP contribution in [0.25, 0.3) is 0 Å². The predicted octanol–water partition coefficient (Wildman–Crippen LogP) is 2.37. The van der Waals surface area contributed by atoms with Crippen molar-refractivity contribution in [1.82, 2.24) is 4.90 Å². The third-order valence-electron chi connectivity index (χ3n) is 2.76. The van der Waals surface area contributed by atoms with Crippen LogP contribution in [0.2, 0.25) is 0 Å². The zero-order valence-electron chi connectivity index (χ0n) is 11.5. The van der Waals surface area contributed by atoms with Crippen LogP contribution in [-0.4, -0.2) is 34.6 Å². The molecule has 21 heavy (non-hydrogen) atoms. The SMILES string of the molecule is C=CCN(CC=C)C(=O)CC(=O)c1ccc([N+](=O)[O-])cc1. The van der Waals surface area contributed by atoms with Crippen molar-refractivity contribution in [1.29, 1.82) is 0 Å². The molecule has 1 amide bonds. The van der Waals surface area contributed by atoms with Crippen LogP contribution in [0.1, 0.15) is 16.8 Å². The number of rotatable bonds is 8. The zero-order valence-corrected chi connectivity index (χ0v) is 11.5. The monoisotopic (exact) mass is 288 g/mol. The summed E-state index contributed by atoms with van der Waals surface area (Å²) in [6, 6.07) is 5.17. The molecule has 0 spiro atoms. The molecule has 0 atom stereocenters. The van der Waals surface area contributed by atoms with E-state index in [1.165, 1.54) is 29.2 Å². The zero-order chi connectivity index (χ0) is 15.8. The summed E-state index contributed by atoms with van der Waals surface area (Å²) in [7, 11) is 0. The van der Waals surface area contributed by atoms with E-state index < -0.39 is 4.92 Å². The maximum absolute atomic E-state index is 12.0. The van der Waals surface area contributed by atoms with Gasteiger partial charge in [0.05, 0.1) is 11.3 Å². The lowest BCUT2D eigenvalue weighted by atomic mass is 10.1. The second kappa shape index (κ2) is 7.74. The molecule has 1 aromatic rings. The number of benzene rings is 1. The van der Waals surface area contributed by atoms with Crippen molar-refractivity contribution < 1.29 is 14.5 Å². The Balaban J connectivity index is 2.74. The molecule has 0 saturated heterocycles. The van der Waals surface area contributed by atoms with Crippen molar-refractivity contribution in [3.05, 3.63) is 65.3 Å². The van der Waals surface area contributed by atoms with Crippen molar-refractivity contribution in [3.63, 3.8) is 0 Å². The van der Waals surface area contributed by atoms with E-state index in [1.807, 2.05) is 0 Å². The predicted molar refractivity (Wildman–Crippen MR) is 79.0 cm³/mol. The summed E-state index contributed by atoms with van der Waals surface area (Å²) in [5, 5.41) is 10.5. The Kier molecular flexibility index (Phi) is 6.00. The highest BCUT2D eigenvalue weighted by atomic mass is 16.6. The van der Waals surface area contributed by atoms with Gasteiger partial charge in [0.15, 0.2) is 5.78 Å². The van der Waals surface area contributed by atoms with Gasteiger partial charge >= 0.3 is 0 Å². The van der Waals surface area contributed by atoms with Gasteiger partial charge in [0, 0.05) is 30.8 Å². The van der Waals surface area contributed by atoms with Gasteiger partial charge in [-0.1, -0.05) is 12.2 Å². The number of Topliss-reactive ketones (excluding diaryl/α,β-unsaturated/α-hetero) is 1. The lowest BCUT2D eigenvalue weighted by molar-refractivity contribution is -0.384. The van der Waals surface area contributed by atoms with E-state index in [0.29, 0.717) is 13.1 Å². The average molecular weight is 288 g/mol. The highest BCUT2D eigenvalue weighted by Gasteiger charge is 2.17. The van der Waals surface area contributed by atoms with Crippen LogP contribution in [0.5, 0.6) is 0 Å². The summed E-state index contributed by atoms with van der Waals surface area (Å²) in [5.41, 5.74) is 0.170. The first-order chi connectivity index (χ1) is 9.99. The number of nitro groups is 1. The van der Waals surface area contributed by atoms with Gasteiger partial charge in [-0.2, -0.15) is 0 Å². The van der Waals surface area contributed by atoms with Crippen LogP contribution in [-0.2, 0) is 4.79 Å². The molecule has 6 heteroatoms. The van der Waals surface area contributed by atoms with Gasteiger partial charge in [-0.25, -0.2) is 0 Å². The van der Waals surface area contributed by atoms with Gasteiger partial charge in [-0.15, -0.1) is 13.2 Å². The van der Waals surface area contributed by atoms with E-state index in [1.54, 1.807) is 12.2 Å². The van der Waals surface area contributed by atoms with E-state index in [-0.39, 0.29) is 29.4 Å². The van der Waals surface area contributed by atoms with Crippen LogP contribution in [0.4, 0.5) is 5.69 Å². The number of nitrogens with zero attached hydrogens (tertiary/aromatic N) is 2. The fraction of sp³-hybridized carbons (Fsp3) is 0.200. The molecule has 0 unspecified atom stereocenters. The van der Waals surface area contributed by atoms with E-state index in [9.17, 15) is 19.7 Å². The number of amides is 1. The third kappa shape index (κ3) is 4.68. The maximum Gasteiger partial charge on any atom is 0.269 e. The average Bonchev–Trinajstić information content (AvgIpc) is 2.47. The van der Waals surface area contributed by atoms with Gasteiger partial charge in [-0.3, -0.25) is 19.7 Å². The Bertz CT molecular complexity index is 554. The molecule has 0 bridgehead atoms. The fourth-order valence-corrected chi connectivity index (χ4v) is 1.71. The van der Waals surface area contributed by atoms with Gasteiger partial charge in [0.2, 0.25) is 5.91 Å². The number of nitro benzene ring substituents is 1. The quantitative estimate of drug-likeness (QED) is 0.242. The molecule has 0 heterocycles. The summed E-state index contributed by atoms with van der Waals surface area (Å²) in [6.45, 7) is 7.77. The molecule has 0 N–H and O–H groups in total. The molecular weight excluding hydrogens is 272 g/mol. The Morgan fingerprint density at radius 1 is 1.14 bits per heavy atom. The van der Waals surface area contributed by atoms with Crippen LogP contribution >= 0.6 is 0 Å². The van der Waals surface area contributed by atoms with Crippen molar-refractivity contribution in [2.45, 2.75) is 6.42 Å². The molecule has 0 fully saturated rings. The number of carbonyl (C=O) groups is 2. The smallest absolute Gasteiger partial charge is 0.269 e. The molecular formula is C15H16N2O4. The first-order valence-electron chi connectivity index (χ1n) is 6.26. The van der Waals surface area contributed by atoms with E-state index >= 15 is 0 Å². The molecule has 1 rings (SSSR count). The molecule has 0 aliphatic heterocycles. The summed E-state index contributed by atoms with van der Waals surface area (Å²) >= 11 is 0. The minimum atomic E-state index is -0.546. The Labute approximate surface area is 122 Å². The first kappa shape index (κ1) is 16.3. The topological polar surface area (TPSA) is 80.5 Å². The van der Waals surface area contributed by atoms with Crippen molar-refractivity contribution in [2.24, 2.45) is 0 Å². The van der Waals surface area contributed by atoms with Gasteiger partial charge in [-0.05, 0) is 12.1 Å². The number of carbonyl (C=O) groups excluding carboxylic acids is 2. The van der Waals surface area contributed by atoms with Gasteiger partial charge in [0.1, 0.15) is 0 Å². The summed E-state index contributed by atoms with van der Waals surface area (Å²) in [4.78, 5) is 35.4. The van der Waals surface area contributed by atoms with Crippen LogP contribution < -0.4 is 0 Å². The van der Waals surface area contributed by atoms with E-state index in [0.717, 1.165) is 0 Å². The Morgan fingerprint density at radius 2 is 1.67 bits per heavy atom. The molecule has 6 nitrogen and oxygen atoms in total. The molecule has 0 aromatic heterocycles. The van der Waals surface area contributed by atoms with Crippen molar-refractivity contribution in [2.75, 3.05) is 13.1 Å². The van der Waals surface area contributed by atoms with E-state index in [2.05, 4.69) is 13.2 Å². The largest absolute Gasteiger partial charge is 0.335 e. The minimum absolute atomic E-state index is 0.0992. The van der Waals surface area contributed by atoms with E-state index in [4.69, 9.17) is 0 Å². The molecule has 0 radical (unpaired) electrons. The molecule has 1 aromatic carbocycles. The first-order valence-corrected chi connectivity index (χ1v) is 6.26. The number of non-ortho nitro benzene ring substituents is 1. The highest BCUT2D eigenvalue weighted by Crippen LogP contribution is 2.13. The molecule has 0 saturated carbocycles. The fourth-order valence-electron chi connectivity index (χ4n) is 1.71. The summed E-state index contributed by atoms with van der Waals surface area (Å²) in [6.07, 6.45) is 2.84. The maximum atomic E-state index is 12.0. The van der Waals surface area contributed by atoms with Crippen LogP contribution in [0.3, 0.4) is 0 Å². The lowest BCUT2D eigenvalue weighted by Crippen LogP contribution is -2.32. The Morgan fingerprint density at radius 3 is 2.10 bits per heavy atom. The summed E-state index contributed by atoms with van der Waals surface area (Å²) < 4.78 is 0. The second-order valence-electron chi connectivity index (χ2n) is 4.28. The Hall–Kier alpha value is -2.76. The molecule has 0 aliphatic rings. The normalized spacial score (nSPS) is 9.71. The van der Waals surface area contributed by atoms with Gasteiger partial charge < -0.3 is 4.90 Å². The standard InChI is InChI=1S/C15H16N2O4/c1-3-9-16(10-4-2)15(19)11-14(18)12-5-7-13(8-6-12)17(20)21/h3-8H,1-2,9-11H2. The highest BCUT2D eigenvalue weighted by molar-refractivity contribution is 6.07. The number of hydrogen-bond donors (Lipinski definition) is 0. The third-order valence-corrected chi connectivity index (χ3v) is 2.76. The minimum Gasteiger partial charge on any atom is -0.335 e. The molecule has 0 aliphatic carbocycles. The van der Waals surface area contributed by atoms with Crippen molar-refractivity contribution in [3.8, 4) is 0 Å². The number of ketones is 1. The lowest BCUT2D eigenvalue weighted by Gasteiger charge is -2.18. The summed E-state index contributed by atoms with van der Waals surface area (Å²) in [5.74, 6) is -0.717. The van der Waals surface area contributed by atoms with Crippen LogP contribution in [0, 0.1) is 10.1 Å². The number of hydrogen-bond acceptors (Lipinski definition) is 4. The van der Waals surface area contributed by atoms with Crippen LogP contribution in [0.15, 0.2) is 49.6 Å². The van der Waals surface area contributed by atoms with Crippen molar-refractivity contribution >= 4 is 17.4 Å².